The van der Waals surface area contributed by atoms with Crippen molar-refractivity contribution < 1.29 is 4.74 Å². The maximum atomic E-state index is 6.87. The Morgan fingerprint density at radius 1 is 0.442 bits per heavy atom. The van der Waals surface area contributed by atoms with Crippen LogP contribution < -0.4 is 4.74 Å². The van der Waals surface area contributed by atoms with Crippen LogP contribution in [-0.4, -0.2) is 4.57 Å². The first-order valence-electron chi connectivity index (χ1n) is 14.9. The second-order valence-corrected chi connectivity index (χ2v) is 11.7. The van der Waals surface area contributed by atoms with E-state index in [2.05, 4.69) is 156 Å². The lowest BCUT2D eigenvalue weighted by atomic mass is 9.66. The van der Waals surface area contributed by atoms with Gasteiger partial charge in [0.1, 0.15) is 11.5 Å². The molecule has 1 aliphatic heterocycles. The summed E-state index contributed by atoms with van der Waals surface area (Å²) < 4.78 is 9.30. The Labute approximate surface area is 249 Å². The van der Waals surface area contributed by atoms with Gasteiger partial charge in [-0.1, -0.05) is 115 Å². The molecule has 2 heterocycles. The average molecular weight is 548 g/mol. The summed E-state index contributed by atoms with van der Waals surface area (Å²) >= 11 is 0. The van der Waals surface area contributed by atoms with Gasteiger partial charge < -0.3 is 9.30 Å². The largest absolute Gasteiger partial charge is 0.457 e. The highest BCUT2D eigenvalue weighted by Gasteiger charge is 2.51. The molecule has 0 amide bonds. The number of hydrogen-bond donors (Lipinski definition) is 0. The first-order chi connectivity index (χ1) is 21.3. The number of ether oxygens (including phenoxy) is 1. The zero-order valence-corrected chi connectivity index (χ0v) is 23.3. The number of hydrogen-bond acceptors (Lipinski definition) is 1. The first-order valence-corrected chi connectivity index (χ1v) is 14.9. The average Bonchev–Trinajstić information content (AvgIpc) is 3.55. The highest BCUT2D eigenvalue weighted by Crippen LogP contribution is 2.62. The minimum Gasteiger partial charge on any atom is -0.457 e. The summed E-state index contributed by atoms with van der Waals surface area (Å²) in [5.41, 5.74) is 10.6. The molecule has 0 bridgehead atoms. The molecule has 1 spiro atoms. The van der Waals surface area contributed by atoms with Crippen LogP contribution in [0, 0.1) is 0 Å². The molecule has 2 nitrogen and oxygen atoms in total. The Morgan fingerprint density at radius 2 is 1.09 bits per heavy atom. The van der Waals surface area contributed by atoms with Gasteiger partial charge in [0.05, 0.1) is 16.4 Å². The predicted molar refractivity (Wildman–Crippen MR) is 176 cm³/mol. The van der Waals surface area contributed by atoms with Crippen LogP contribution in [0.5, 0.6) is 11.5 Å². The Bertz CT molecular complexity index is 2390. The third kappa shape index (κ3) is 2.83. The number of aromatic nitrogens is 1. The van der Waals surface area contributed by atoms with Gasteiger partial charge >= 0.3 is 0 Å². The number of fused-ring (bicyclic) bond motifs is 14. The Balaban J connectivity index is 1.43. The Hall–Kier alpha value is -5.60. The van der Waals surface area contributed by atoms with E-state index in [1.165, 1.54) is 66.0 Å². The molecule has 200 valence electrons. The normalized spacial score (nSPS) is 14.0. The van der Waals surface area contributed by atoms with E-state index in [1.54, 1.807) is 0 Å². The second-order valence-electron chi connectivity index (χ2n) is 11.7. The third-order valence-electron chi connectivity index (χ3n) is 9.64. The molecule has 0 radical (unpaired) electrons. The SMILES string of the molecule is c1ccc(-n2c3cc4c(cc3c3c5ccccc5ccc32)Oc2ccccc2C42c3ccccc3-c3ccccc32)cc1. The first kappa shape index (κ1) is 23.0. The van der Waals surface area contributed by atoms with Crippen molar-refractivity contribution in [3.63, 3.8) is 0 Å². The maximum absolute atomic E-state index is 6.87. The van der Waals surface area contributed by atoms with Crippen LogP contribution in [0.3, 0.4) is 0 Å². The molecule has 1 aromatic heterocycles. The minimum atomic E-state index is -0.494. The van der Waals surface area contributed by atoms with Crippen LogP contribution in [0.4, 0.5) is 0 Å². The molecule has 2 aliphatic rings. The standard InChI is InChI=1S/C41H25NO/c1-2-13-27(14-3-1)42-36-23-22-26-12-4-5-15-28(26)40(36)31-24-39-35(25-37(31)42)41(34-20-10-11-21-38(34)43-39)32-18-8-6-16-29(32)30-17-7-9-19-33(30)41/h1-25H. The molecule has 10 rings (SSSR count). The van der Waals surface area contributed by atoms with E-state index in [4.69, 9.17) is 4.74 Å². The van der Waals surface area contributed by atoms with Gasteiger partial charge in [-0.3, -0.25) is 0 Å². The molecule has 8 aromatic rings. The second kappa shape index (κ2) is 8.24. The fourth-order valence-corrected chi connectivity index (χ4v) is 7.99. The summed E-state index contributed by atoms with van der Waals surface area (Å²) in [5.74, 6) is 1.83. The van der Waals surface area contributed by atoms with E-state index in [0.29, 0.717) is 0 Å². The summed E-state index contributed by atoms with van der Waals surface area (Å²) in [7, 11) is 0. The van der Waals surface area contributed by atoms with E-state index >= 15 is 0 Å². The summed E-state index contributed by atoms with van der Waals surface area (Å²) in [6.07, 6.45) is 0. The molecule has 0 unspecified atom stereocenters. The predicted octanol–water partition coefficient (Wildman–Crippen LogP) is 10.4. The zero-order chi connectivity index (χ0) is 28.1. The maximum Gasteiger partial charge on any atom is 0.133 e. The molecule has 43 heavy (non-hydrogen) atoms. The lowest BCUT2D eigenvalue weighted by molar-refractivity contribution is 0.437. The third-order valence-corrected chi connectivity index (χ3v) is 9.64. The lowest BCUT2D eigenvalue weighted by Gasteiger charge is -2.39. The summed E-state index contributed by atoms with van der Waals surface area (Å²) in [4.78, 5) is 0. The minimum absolute atomic E-state index is 0.494. The van der Waals surface area contributed by atoms with Gasteiger partial charge in [-0.05, 0) is 69.4 Å². The number of para-hydroxylation sites is 2. The summed E-state index contributed by atoms with van der Waals surface area (Å²) in [5, 5.41) is 4.94. The quantitative estimate of drug-likeness (QED) is 0.199. The Morgan fingerprint density at radius 3 is 1.88 bits per heavy atom. The summed E-state index contributed by atoms with van der Waals surface area (Å²) in [6.45, 7) is 0. The van der Waals surface area contributed by atoms with Crippen molar-refractivity contribution in [3.8, 4) is 28.3 Å². The smallest absolute Gasteiger partial charge is 0.133 e. The van der Waals surface area contributed by atoms with E-state index in [1.807, 2.05) is 0 Å². The van der Waals surface area contributed by atoms with Crippen molar-refractivity contribution in [2.75, 3.05) is 0 Å². The molecule has 0 N–H and O–H groups in total. The molecule has 0 atom stereocenters. The van der Waals surface area contributed by atoms with Crippen LogP contribution in [-0.2, 0) is 5.41 Å². The Kier molecular flexibility index (Phi) is 4.41. The van der Waals surface area contributed by atoms with Crippen molar-refractivity contribution in [1.29, 1.82) is 0 Å². The van der Waals surface area contributed by atoms with Crippen molar-refractivity contribution in [1.82, 2.24) is 4.57 Å². The number of nitrogens with zero attached hydrogens (tertiary/aromatic N) is 1. The molecular weight excluding hydrogens is 522 g/mol. The van der Waals surface area contributed by atoms with Crippen LogP contribution in [0.25, 0.3) is 49.4 Å². The van der Waals surface area contributed by atoms with Crippen molar-refractivity contribution in [2.45, 2.75) is 5.41 Å². The van der Waals surface area contributed by atoms with Gasteiger partial charge in [0.15, 0.2) is 0 Å². The topological polar surface area (TPSA) is 14.2 Å². The molecule has 1 aliphatic carbocycles. The van der Waals surface area contributed by atoms with Gasteiger partial charge in [0.2, 0.25) is 0 Å². The van der Waals surface area contributed by atoms with Crippen LogP contribution in [0.1, 0.15) is 22.3 Å². The molecule has 2 heteroatoms. The van der Waals surface area contributed by atoms with E-state index in [9.17, 15) is 0 Å². The molecule has 0 fully saturated rings. The van der Waals surface area contributed by atoms with E-state index in [0.717, 1.165) is 17.2 Å². The zero-order valence-electron chi connectivity index (χ0n) is 23.3. The van der Waals surface area contributed by atoms with Crippen LogP contribution >= 0.6 is 0 Å². The fraction of sp³-hybridized carbons (Fsp3) is 0.0244. The van der Waals surface area contributed by atoms with Gasteiger partial charge in [0, 0.05) is 27.6 Å². The molecule has 0 saturated heterocycles. The van der Waals surface area contributed by atoms with E-state index in [-0.39, 0.29) is 0 Å². The number of rotatable bonds is 1. The van der Waals surface area contributed by atoms with Gasteiger partial charge in [0.25, 0.3) is 0 Å². The highest BCUT2D eigenvalue weighted by molar-refractivity contribution is 6.21. The molecule has 7 aromatic carbocycles. The van der Waals surface area contributed by atoms with Gasteiger partial charge in [-0.25, -0.2) is 0 Å². The van der Waals surface area contributed by atoms with Crippen LogP contribution in [0.15, 0.2) is 152 Å². The van der Waals surface area contributed by atoms with E-state index < -0.39 is 5.41 Å². The van der Waals surface area contributed by atoms with Crippen molar-refractivity contribution >= 4 is 32.6 Å². The van der Waals surface area contributed by atoms with Crippen molar-refractivity contribution in [3.05, 3.63) is 174 Å². The monoisotopic (exact) mass is 547 g/mol. The summed E-state index contributed by atoms with van der Waals surface area (Å²) in [6, 6.07) is 55.1. The fourth-order valence-electron chi connectivity index (χ4n) is 7.99. The lowest BCUT2D eigenvalue weighted by Crippen LogP contribution is -2.32. The molecular formula is C41H25NO. The number of benzene rings is 7. The van der Waals surface area contributed by atoms with Gasteiger partial charge in [-0.2, -0.15) is 0 Å². The van der Waals surface area contributed by atoms with Crippen LogP contribution in [0.2, 0.25) is 0 Å². The van der Waals surface area contributed by atoms with Gasteiger partial charge in [-0.15, -0.1) is 0 Å². The highest BCUT2D eigenvalue weighted by atomic mass is 16.5. The molecule has 0 saturated carbocycles. The van der Waals surface area contributed by atoms with Crippen molar-refractivity contribution in [2.24, 2.45) is 0 Å².